The first-order valence-corrected chi connectivity index (χ1v) is 8.42. The molecule has 0 aliphatic rings. The standard InChI is InChI=1S/C20H15Cl2NO2/c21-15-6-11-19(18(22)13-15)25-17-9-7-16(8-10-17)23-20(24)12-14-4-2-1-3-5-14/h1-11,13H,12H2,(H,23,24). The van der Waals surface area contributed by atoms with Crippen LogP contribution < -0.4 is 10.1 Å². The third-order valence-electron chi connectivity index (χ3n) is 3.47. The number of hydrogen-bond acceptors (Lipinski definition) is 2. The monoisotopic (exact) mass is 371 g/mol. The molecule has 5 heteroatoms. The van der Waals surface area contributed by atoms with Gasteiger partial charge in [0, 0.05) is 10.7 Å². The van der Waals surface area contributed by atoms with E-state index in [1.54, 1.807) is 42.5 Å². The van der Waals surface area contributed by atoms with Crippen molar-refractivity contribution < 1.29 is 9.53 Å². The minimum atomic E-state index is -0.0689. The number of nitrogens with one attached hydrogen (secondary N) is 1. The molecule has 0 unspecified atom stereocenters. The topological polar surface area (TPSA) is 38.3 Å². The van der Waals surface area contributed by atoms with Gasteiger partial charge < -0.3 is 10.1 Å². The maximum Gasteiger partial charge on any atom is 0.228 e. The SMILES string of the molecule is O=C(Cc1ccccc1)Nc1ccc(Oc2ccc(Cl)cc2Cl)cc1. The molecule has 25 heavy (non-hydrogen) atoms. The summed E-state index contributed by atoms with van der Waals surface area (Å²) < 4.78 is 5.72. The van der Waals surface area contributed by atoms with Gasteiger partial charge in [-0.1, -0.05) is 53.5 Å². The van der Waals surface area contributed by atoms with E-state index in [1.807, 2.05) is 30.3 Å². The van der Waals surface area contributed by atoms with Gasteiger partial charge in [-0.3, -0.25) is 4.79 Å². The Labute approximate surface area is 156 Å². The van der Waals surface area contributed by atoms with Gasteiger partial charge in [0.1, 0.15) is 11.5 Å². The molecule has 126 valence electrons. The normalized spacial score (nSPS) is 10.3. The Morgan fingerprint density at radius 2 is 1.64 bits per heavy atom. The third kappa shape index (κ3) is 4.99. The fourth-order valence-electron chi connectivity index (χ4n) is 2.28. The fourth-order valence-corrected chi connectivity index (χ4v) is 2.72. The number of carbonyl (C=O) groups is 1. The largest absolute Gasteiger partial charge is 0.456 e. The molecule has 0 aliphatic carbocycles. The lowest BCUT2D eigenvalue weighted by Crippen LogP contribution is -2.14. The van der Waals surface area contributed by atoms with Crippen LogP contribution in [0.2, 0.25) is 10.0 Å². The van der Waals surface area contributed by atoms with Crippen molar-refractivity contribution in [2.45, 2.75) is 6.42 Å². The molecular formula is C20H15Cl2NO2. The van der Waals surface area contributed by atoms with E-state index in [-0.39, 0.29) is 5.91 Å². The first-order chi connectivity index (χ1) is 12.1. The molecule has 0 saturated heterocycles. The fraction of sp³-hybridized carbons (Fsp3) is 0.0500. The van der Waals surface area contributed by atoms with Gasteiger partial charge in [0.05, 0.1) is 11.4 Å². The highest BCUT2D eigenvalue weighted by Crippen LogP contribution is 2.31. The molecule has 0 saturated carbocycles. The average molecular weight is 372 g/mol. The van der Waals surface area contributed by atoms with Crippen molar-refractivity contribution >= 4 is 34.8 Å². The summed E-state index contributed by atoms with van der Waals surface area (Å²) in [4.78, 5) is 12.1. The van der Waals surface area contributed by atoms with Crippen LogP contribution in [0, 0.1) is 0 Å². The molecule has 0 heterocycles. The maximum atomic E-state index is 12.1. The van der Waals surface area contributed by atoms with Crippen LogP contribution in [0.1, 0.15) is 5.56 Å². The summed E-state index contributed by atoms with van der Waals surface area (Å²) in [5, 5.41) is 3.85. The van der Waals surface area contributed by atoms with Gasteiger partial charge in [-0.25, -0.2) is 0 Å². The number of ether oxygens (including phenoxy) is 1. The van der Waals surface area contributed by atoms with Gasteiger partial charge >= 0.3 is 0 Å². The molecule has 1 N–H and O–H groups in total. The highest BCUT2D eigenvalue weighted by molar-refractivity contribution is 6.35. The number of benzene rings is 3. The molecule has 0 spiro atoms. The number of halogens is 2. The van der Waals surface area contributed by atoms with Gasteiger partial charge in [-0.15, -0.1) is 0 Å². The van der Waals surface area contributed by atoms with E-state index in [0.29, 0.717) is 33.7 Å². The van der Waals surface area contributed by atoms with Crippen LogP contribution in [0.15, 0.2) is 72.8 Å². The molecule has 0 aliphatic heterocycles. The van der Waals surface area contributed by atoms with Gasteiger partial charge in [0.2, 0.25) is 5.91 Å². The molecule has 1 amide bonds. The summed E-state index contributed by atoms with van der Waals surface area (Å²) in [6.07, 6.45) is 0.333. The van der Waals surface area contributed by atoms with E-state index in [0.717, 1.165) is 5.56 Å². The Morgan fingerprint density at radius 3 is 2.32 bits per heavy atom. The van der Waals surface area contributed by atoms with Crippen LogP contribution >= 0.6 is 23.2 Å². The second kappa shape index (κ2) is 8.06. The minimum absolute atomic E-state index is 0.0689. The van der Waals surface area contributed by atoms with Crippen molar-refractivity contribution in [3.63, 3.8) is 0 Å². The predicted octanol–water partition coefficient (Wildman–Crippen LogP) is 5.97. The molecular weight excluding hydrogens is 357 g/mol. The average Bonchev–Trinajstić information content (AvgIpc) is 2.60. The van der Waals surface area contributed by atoms with Crippen LogP contribution in [-0.4, -0.2) is 5.91 Å². The zero-order valence-corrected chi connectivity index (χ0v) is 14.7. The maximum absolute atomic E-state index is 12.1. The van der Waals surface area contributed by atoms with E-state index in [9.17, 15) is 4.79 Å². The molecule has 3 nitrogen and oxygen atoms in total. The summed E-state index contributed by atoms with van der Waals surface area (Å²) in [7, 11) is 0. The van der Waals surface area contributed by atoms with E-state index in [4.69, 9.17) is 27.9 Å². The molecule has 0 bridgehead atoms. The minimum Gasteiger partial charge on any atom is -0.456 e. The van der Waals surface area contributed by atoms with Crippen molar-refractivity contribution in [1.29, 1.82) is 0 Å². The first kappa shape index (κ1) is 17.3. The van der Waals surface area contributed by atoms with Gasteiger partial charge in [-0.05, 0) is 48.0 Å². The second-order valence-electron chi connectivity index (χ2n) is 5.41. The van der Waals surface area contributed by atoms with Gasteiger partial charge in [0.15, 0.2) is 0 Å². The number of amides is 1. The zero-order chi connectivity index (χ0) is 17.6. The quantitative estimate of drug-likeness (QED) is 0.600. The summed E-state index contributed by atoms with van der Waals surface area (Å²) in [5.74, 6) is 1.07. The Bertz CT molecular complexity index is 865. The van der Waals surface area contributed by atoms with E-state index < -0.39 is 0 Å². The summed E-state index contributed by atoms with van der Waals surface area (Å²) in [5.41, 5.74) is 1.67. The van der Waals surface area contributed by atoms with Crippen molar-refractivity contribution in [3.05, 3.63) is 88.4 Å². The Balaban J connectivity index is 1.61. The Kier molecular flexibility index (Phi) is 5.59. The van der Waals surface area contributed by atoms with Gasteiger partial charge in [0.25, 0.3) is 0 Å². The molecule has 3 aromatic carbocycles. The number of rotatable bonds is 5. The lowest BCUT2D eigenvalue weighted by atomic mass is 10.1. The van der Waals surface area contributed by atoms with Crippen LogP contribution in [0.5, 0.6) is 11.5 Å². The summed E-state index contributed by atoms with van der Waals surface area (Å²) in [6, 6.07) is 21.7. The molecule has 0 fully saturated rings. The Morgan fingerprint density at radius 1 is 0.920 bits per heavy atom. The highest BCUT2D eigenvalue weighted by atomic mass is 35.5. The van der Waals surface area contributed by atoms with E-state index in [1.165, 1.54) is 0 Å². The number of carbonyl (C=O) groups excluding carboxylic acids is 1. The second-order valence-corrected chi connectivity index (χ2v) is 6.26. The number of anilines is 1. The first-order valence-electron chi connectivity index (χ1n) is 7.67. The van der Waals surface area contributed by atoms with Crippen LogP contribution in [0.25, 0.3) is 0 Å². The molecule has 0 atom stereocenters. The molecule has 0 aromatic heterocycles. The molecule has 3 rings (SSSR count). The van der Waals surface area contributed by atoms with Crippen molar-refractivity contribution in [2.75, 3.05) is 5.32 Å². The van der Waals surface area contributed by atoms with Gasteiger partial charge in [-0.2, -0.15) is 0 Å². The van der Waals surface area contributed by atoms with Crippen molar-refractivity contribution in [2.24, 2.45) is 0 Å². The van der Waals surface area contributed by atoms with Crippen LogP contribution in [0.4, 0.5) is 5.69 Å². The van der Waals surface area contributed by atoms with E-state index >= 15 is 0 Å². The van der Waals surface area contributed by atoms with Crippen LogP contribution in [-0.2, 0) is 11.2 Å². The molecule has 0 radical (unpaired) electrons. The molecule has 3 aromatic rings. The predicted molar refractivity (Wildman–Crippen MR) is 102 cm³/mol. The Hall–Kier alpha value is -2.49. The van der Waals surface area contributed by atoms with Crippen molar-refractivity contribution in [1.82, 2.24) is 0 Å². The number of hydrogen-bond donors (Lipinski definition) is 1. The lowest BCUT2D eigenvalue weighted by molar-refractivity contribution is -0.115. The summed E-state index contributed by atoms with van der Waals surface area (Å²) >= 11 is 12.0. The van der Waals surface area contributed by atoms with Crippen molar-refractivity contribution in [3.8, 4) is 11.5 Å². The third-order valence-corrected chi connectivity index (χ3v) is 4.00. The van der Waals surface area contributed by atoms with E-state index in [2.05, 4.69) is 5.32 Å². The highest BCUT2D eigenvalue weighted by Gasteiger charge is 2.06. The smallest absolute Gasteiger partial charge is 0.228 e. The zero-order valence-electron chi connectivity index (χ0n) is 13.2. The lowest BCUT2D eigenvalue weighted by Gasteiger charge is -2.09. The van der Waals surface area contributed by atoms with Crippen LogP contribution in [0.3, 0.4) is 0 Å². The summed E-state index contributed by atoms with van der Waals surface area (Å²) in [6.45, 7) is 0.